The number of imidazole rings is 2. The molecule has 59 heavy (non-hydrogen) atoms. The summed E-state index contributed by atoms with van der Waals surface area (Å²) in [6.07, 6.45) is 3.56. The van der Waals surface area contributed by atoms with E-state index in [2.05, 4.69) is 91.0 Å². The second-order valence-electron chi connectivity index (χ2n) is 13.9. The summed E-state index contributed by atoms with van der Waals surface area (Å²) in [5.41, 5.74) is 8.14. The zero-order valence-corrected chi connectivity index (χ0v) is 34.2. The average Bonchev–Trinajstić information content (AvgIpc) is 3.83. The van der Waals surface area contributed by atoms with Crippen molar-refractivity contribution in [1.82, 2.24) is 28.7 Å². The van der Waals surface area contributed by atoms with E-state index in [0.717, 1.165) is 70.0 Å². The molecule has 0 unspecified atom stereocenters. The number of benzene rings is 4. The summed E-state index contributed by atoms with van der Waals surface area (Å²) in [6, 6.07) is 26.6. The maximum Gasteiger partial charge on any atom is 0.416 e. The van der Waals surface area contributed by atoms with Crippen LogP contribution in [-0.2, 0) is 25.3 Å². The number of fused-ring (bicyclic) bond motifs is 2. The lowest BCUT2D eigenvalue weighted by Gasteiger charge is -2.19. The molecule has 8 aromatic rings. The molecule has 0 aliphatic carbocycles. The average molecular weight is 873 g/mol. The van der Waals surface area contributed by atoms with Crippen molar-refractivity contribution in [1.29, 1.82) is 0 Å². The molecule has 4 aromatic heterocycles. The number of hydrogen-bond acceptors (Lipinski definition) is 5. The molecule has 4 heterocycles. The minimum atomic E-state index is -4.35. The molecule has 0 saturated heterocycles. The molecule has 0 amide bonds. The quantitative estimate of drug-likeness (QED) is 0.149. The first-order chi connectivity index (χ1) is 28.1. The fraction of sp³-hybridized carbons (Fsp3) is 0.200. The maximum absolute atomic E-state index is 12.8. The van der Waals surface area contributed by atoms with Crippen LogP contribution in [0.1, 0.15) is 47.0 Å². The lowest BCUT2D eigenvalue weighted by Crippen LogP contribution is -2.17. The number of halogens is 7. The normalized spacial score (nSPS) is 11.5. The van der Waals surface area contributed by atoms with Crippen LogP contribution in [0.15, 0.2) is 139 Å². The Labute approximate surface area is 346 Å². The molecule has 0 radical (unpaired) electrons. The summed E-state index contributed by atoms with van der Waals surface area (Å²) in [5, 5.41) is 0. The molecule has 0 N–H and O–H groups in total. The first-order valence-electron chi connectivity index (χ1n) is 18.6. The van der Waals surface area contributed by atoms with Crippen LogP contribution in [-0.4, -0.2) is 35.8 Å². The van der Waals surface area contributed by atoms with Gasteiger partial charge in [-0.2, -0.15) is 26.3 Å². The van der Waals surface area contributed by atoms with E-state index in [0.29, 0.717) is 29.0 Å². The molecule has 14 heteroatoms. The minimum Gasteiger partial charge on any atom is -0.369 e. The van der Waals surface area contributed by atoms with Crippen molar-refractivity contribution >= 4 is 32.9 Å². The van der Waals surface area contributed by atoms with Crippen molar-refractivity contribution in [3.63, 3.8) is 0 Å². The Morgan fingerprint density at radius 2 is 0.983 bits per heavy atom. The summed E-state index contributed by atoms with van der Waals surface area (Å²) in [4.78, 5) is 19.4. The topological polar surface area (TPSA) is 63.6 Å². The van der Waals surface area contributed by atoms with Crippen LogP contribution in [0, 0.1) is 13.8 Å². The molecule has 0 atom stereocenters. The Morgan fingerprint density at radius 3 is 1.41 bits per heavy atom. The zero-order valence-electron chi connectivity index (χ0n) is 32.6. The van der Waals surface area contributed by atoms with Gasteiger partial charge in [0.25, 0.3) is 0 Å². The second-order valence-corrected chi connectivity index (χ2v) is 14.8. The van der Waals surface area contributed by atoms with E-state index in [9.17, 15) is 26.3 Å². The van der Waals surface area contributed by atoms with Gasteiger partial charge in [-0.05, 0) is 68.8 Å². The summed E-state index contributed by atoms with van der Waals surface area (Å²) < 4.78 is 81.2. The molecule has 0 aliphatic heterocycles. The Hall–Kier alpha value is -6.02. The lowest BCUT2D eigenvalue weighted by atomic mass is 10.1. The molecule has 0 aliphatic rings. The molecular formula is C45H40BrF6N7. The van der Waals surface area contributed by atoms with Gasteiger partial charge in [-0.3, -0.25) is 18.8 Å². The van der Waals surface area contributed by atoms with E-state index < -0.39 is 23.5 Å². The van der Waals surface area contributed by atoms with Gasteiger partial charge in [0, 0.05) is 40.7 Å². The highest BCUT2D eigenvalue weighted by atomic mass is 79.9. The molecule has 0 fully saturated rings. The summed E-state index contributed by atoms with van der Waals surface area (Å²) >= 11 is 3.35. The summed E-state index contributed by atoms with van der Waals surface area (Å²) in [6.45, 7) is 6.77. The van der Waals surface area contributed by atoms with Crippen molar-refractivity contribution in [2.24, 2.45) is 0 Å². The highest BCUT2D eigenvalue weighted by molar-refractivity contribution is 9.10. The van der Waals surface area contributed by atoms with Gasteiger partial charge in [-0.1, -0.05) is 88.9 Å². The number of aromatic nitrogens is 6. The van der Waals surface area contributed by atoms with E-state index in [1.54, 1.807) is 24.8 Å². The van der Waals surface area contributed by atoms with Crippen LogP contribution in [0.5, 0.6) is 0 Å². The van der Waals surface area contributed by atoms with Crippen LogP contribution < -0.4 is 4.90 Å². The van der Waals surface area contributed by atoms with Crippen LogP contribution in [0.3, 0.4) is 0 Å². The molecular weight excluding hydrogens is 832 g/mol. The van der Waals surface area contributed by atoms with Gasteiger partial charge in [-0.25, -0.2) is 9.97 Å². The first kappa shape index (κ1) is 42.6. The third-order valence-corrected chi connectivity index (χ3v) is 9.83. The lowest BCUT2D eigenvalue weighted by molar-refractivity contribution is -0.138. The van der Waals surface area contributed by atoms with Gasteiger partial charge in [0.05, 0.1) is 65.2 Å². The molecule has 0 spiro atoms. The van der Waals surface area contributed by atoms with Crippen molar-refractivity contribution in [3.05, 3.63) is 172 Å². The molecule has 8 rings (SSSR count). The Bertz CT molecular complexity index is 2580. The largest absolute Gasteiger partial charge is 0.416 e. The van der Waals surface area contributed by atoms with Crippen LogP contribution >= 0.6 is 15.9 Å². The number of nitrogens with zero attached hydrogens (tertiary/aromatic N) is 7. The van der Waals surface area contributed by atoms with Crippen LogP contribution in [0.25, 0.3) is 33.8 Å². The Balaban J connectivity index is 0.000000171. The van der Waals surface area contributed by atoms with E-state index >= 15 is 0 Å². The third-order valence-electron chi connectivity index (χ3n) is 9.31. The molecule has 0 bridgehead atoms. The van der Waals surface area contributed by atoms with Gasteiger partial charge in [0.2, 0.25) is 0 Å². The number of anilines is 1. The monoisotopic (exact) mass is 871 g/mol. The highest BCUT2D eigenvalue weighted by Crippen LogP contribution is 2.32. The fourth-order valence-electron chi connectivity index (χ4n) is 6.08. The van der Waals surface area contributed by atoms with Crippen molar-refractivity contribution in [3.8, 4) is 22.5 Å². The van der Waals surface area contributed by atoms with Crippen molar-refractivity contribution in [2.45, 2.75) is 52.5 Å². The molecule has 7 nitrogen and oxygen atoms in total. The summed E-state index contributed by atoms with van der Waals surface area (Å²) in [7, 11) is 1.99. The van der Waals surface area contributed by atoms with Gasteiger partial charge in [-0.15, -0.1) is 0 Å². The van der Waals surface area contributed by atoms with Gasteiger partial charge in [0.1, 0.15) is 0 Å². The smallest absolute Gasteiger partial charge is 0.369 e. The second kappa shape index (κ2) is 18.3. The number of rotatable bonds is 7. The Kier molecular flexibility index (Phi) is 13.2. The van der Waals surface area contributed by atoms with Crippen LogP contribution in [0.2, 0.25) is 0 Å². The third kappa shape index (κ3) is 10.9. The van der Waals surface area contributed by atoms with Gasteiger partial charge < -0.3 is 4.90 Å². The van der Waals surface area contributed by atoms with Gasteiger partial charge in [0.15, 0.2) is 11.3 Å². The van der Waals surface area contributed by atoms with Gasteiger partial charge >= 0.3 is 12.4 Å². The predicted molar refractivity (Wildman–Crippen MR) is 223 cm³/mol. The zero-order chi connectivity index (χ0) is 42.3. The SMILES string of the molecule is CCCc1cn2c(-c3ccc(C(F)(F)F)cc3)cnc2cn1.Cc1ccc(Br)cc1.Cc1ccc(N(C)Cc2cn3c(-c4ccc(C(F)(F)F)cc4)cnc3cn2)cc1. The number of hydrogen-bond donors (Lipinski definition) is 0. The highest BCUT2D eigenvalue weighted by Gasteiger charge is 2.31. The fourth-order valence-corrected chi connectivity index (χ4v) is 6.34. The molecule has 4 aromatic carbocycles. The first-order valence-corrected chi connectivity index (χ1v) is 19.4. The standard InChI is InChI=1S/C22H19F3N4.C16H14F3N3.C7H7Br/c1-15-3-9-19(10-4-15)28(2)13-18-14-29-20(11-27-21(29)12-26-18)16-5-7-17(8-6-16)22(23,24)25;1-2-3-13-10-22-14(8-21-15(22)9-20-13)11-4-6-12(7-5-11)16(17,18)19;1-6-2-4-7(8)5-3-6/h3-12,14H,13H2,1-2H3;4-10H,2-3H2,1H3;2-5H,1H3. The molecule has 304 valence electrons. The van der Waals surface area contributed by atoms with Crippen LogP contribution in [0.4, 0.5) is 32.0 Å². The number of aryl methyl sites for hydroxylation is 3. The molecule has 0 saturated carbocycles. The Morgan fingerprint density at radius 1 is 0.559 bits per heavy atom. The number of alkyl halides is 6. The van der Waals surface area contributed by atoms with E-state index in [4.69, 9.17) is 0 Å². The van der Waals surface area contributed by atoms with E-state index in [-0.39, 0.29) is 0 Å². The van der Waals surface area contributed by atoms with Crippen molar-refractivity contribution < 1.29 is 26.3 Å². The predicted octanol–water partition coefficient (Wildman–Crippen LogP) is 12.5. The minimum absolute atomic E-state index is 0.587. The van der Waals surface area contributed by atoms with E-state index in [1.165, 1.54) is 35.4 Å². The van der Waals surface area contributed by atoms with Crippen molar-refractivity contribution in [2.75, 3.05) is 11.9 Å². The van der Waals surface area contributed by atoms with E-state index in [1.807, 2.05) is 47.3 Å². The summed E-state index contributed by atoms with van der Waals surface area (Å²) in [5.74, 6) is 0. The maximum atomic E-state index is 12.8.